The van der Waals surface area contributed by atoms with Crippen molar-refractivity contribution in [2.75, 3.05) is 0 Å². The van der Waals surface area contributed by atoms with Gasteiger partial charge in [-0.3, -0.25) is 4.79 Å². The minimum Gasteiger partial charge on any atom is -0.485 e. The van der Waals surface area contributed by atoms with Crippen LogP contribution in [-0.2, 0) is 9.53 Å². The van der Waals surface area contributed by atoms with Crippen molar-refractivity contribution >= 4 is 6.29 Å². The van der Waals surface area contributed by atoms with Gasteiger partial charge in [0.25, 0.3) is 0 Å². The summed E-state index contributed by atoms with van der Waals surface area (Å²) in [6.07, 6.45) is 2.57. The number of aliphatic hydroxyl groups is 1. The predicted molar refractivity (Wildman–Crippen MR) is 30.7 cm³/mol. The average Bonchev–Trinajstić information content (AvgIpc) is 2.15. The van der Waals surface area contributed by atoms with Gasteiger partial charge in [0.2, 0.25) is 0 Å². The molecule has 2 unspecified atom stereocenters. The number of ether oxygens (including phenoxy) is 1. The zero-order chi connectivity index (χ0) is 6.91. The molecule has 3 heteroatoms. The molecule has 2 atom stereocenters. The lowest BCUT2D eigenvalue weighted by molar-refractivity contribution is -0.128. The first-order valence-corrected chi connectivity index (χ1v) is 2.68. The van der Waals surface area contributed by atoms with E-state index in [0.717, 1.165) is 0 Å². The van der Waals surface area contributed by atoms with Gasteiger partial charge in [-0.25, -0.2) is 0 Å². The minimum absolute atomic E-state index is 0.595. The zero-order valence-electron chi connectivity index (χ0n) is 5.07. The minimum atomic E-state index is -1.04. The quantitative estimate of drug-likeness (QED) is 0.499. The van der Waals surface area contributed by atoms with Crippen LogP contribution in [0.4, 0.5) is 0 Å². The lowest BCUT2D eigenvalue weighted by atomic mass is 10.0. The van der Waals surface area contributed by atoms with E-state index in [0.29, 0.717) is 6.29 Å². The van der Waals surface area contributed by atoms with Crippen molar-refractivity contribution < 1.29 is 14.6 Å². The number of aliphatic hydroxyl groups excluding tert-OH is 1. The molecule has 0 aromatic rings. The molecular weight excluding hydrogens is 120 g/mol. The molecule has 1 aliphatic heterocycles. The predicted octanol–water partition coefficient (Wildman–Crippen LogP) is -0.151. The van der Waals surface area contributed by atoms with E-state index >= 15 is 0 Å². The van der Waals surface area contributed by atoms with Crippen LogP contribution in [0.5, 0.6) is 0 Å². The Labute approximate surface area is 52.9 Å². The van der Waals surface area contributed by atoms with E-state index in [4.69, 9.17) is 9.84 Å². The Morgan fingerprint density at radius 1 is 1.89 bits per heavy atom. The Bertz CT molecular complexity index is 152. The highest BCUT2D eigenvalue weighted by atomic mass is 16.5. The number of rotatable bonds is 1. The van der Waals surface area contributed by atoms with E-state index in [9.17, 15) is 4.79 Å². The second kappa shape index (κ2) is 1.84. The second-order valence-corrected chi connectivity index (χ2v) is 2.19. The molecule has 50 valence electrons. The van der Waals surface area contributed by atoms with E-state index in [2.05, 4.69) is 0 Å². The molecule has 3 nitrogen and oxygen atoms in total. The fourth-order valence-electron chi connectivity index (χ4n) is 0.619. The van der Waals surface area contributed by atoms with Gasteiger partial charge in [0.15, 0.2) is 11.9 Å². The third kappa shape index (κ3) is 0.833. The standard InChI is InChI=1S/C6H8O3/c1-6(4-7)5(8)2-3-9-6/h2-5,8H,1H3. The summed E-state index contributed by atoms with van der Waals surface area (Å²) in [7, 11) is 0. The fraction of sp³-hybridized carbons (Fsp3) is 0.500. The number of aldehydes is 1. The molecule has 1 aliphatic rings. The van der Waals surface area contributed by atoms with Gasteiger partial charge in [-0.15, -0.1) is 0 Å². The first-order valence-electron chi connectivity index (χ1n) is 2.68. The van der Waals surface area contributed by atoms with Gasteiger partial charge in [-0.1, -0.05) is 0 Å². The highest BCUT2D eigenvalue weighted by Gasteiger charge is 2.35. The number of hydrogen-bond acceptors (Lipinski definition) is 3. The summed E-state index contributed by atoms with van der Waals surface area (Å²) < 4.78 is 4.80. The molecule has 1 heterocycles. The summed E-state index contributed by atoms with van der Waals surface area (Å²) in [5.41, 5.74) is -1.04. The molecule has 1 rings (SSSR count). The van der Waals surface area contributed by atoms with Crippen molar-refractivity contribution in [3.63, 3.8) is 0 Å². The number of carbonyl (C=O) groups excluding carboxylic acids is 1. The van der Waals surface area contributed by atoms with Crippen molar-refractivity contribution in [1.82, 2.24) is 0 Å². The normalized spacial score (nSPS) is 40.4. The van der Waals surface area contributed by atoms with Crippen molar-refractivity contribution in [3.8, 4) is 0 Å². The molecule has 0 spiro atoms. The summed E-state index contributed by atoms with van der Waals surface area (Å²) >= 11 is 0. The molecule has 0 bridgehead atoms. The molecule has 9 heavy (non-hydrogen) atoms. The smallest absolute Gasteiger partial charge is 0.189 e. The van der Waals surface area contributed by atoms with Gasteiger partial charge >= 0.3 is 0 Å². The summed E-state index contributed by atoms with van der Waals surface area (Å²) in [6.45, 7) is 1.53. The van der Waals surface area contributed by atoms with Gasteiger partial charge in [-0.05, 0) is 13.0 Å². The molecule has 0 aliphatic carbocycles. The first-order chi connectivity index (χ1) is 4.19. The van der Waals surface area contributed by atoms with Crippen LogP contribution in [0.25, 0.3) is 0 Å². The van der Waals surface area contributed by atoms with Crippen molar-refractivity contribution in [1.29, 1.82) is 0 Å². The monoisotopic (exact) mass is 128 g/mol. The molecule has 0 fully saturated rings. The van der Waals surface area contributed by atoms with Gasteiger partial charge in [0, 0.05) is 0 Å². The average molecular weight is 128 g/mol. The first kappa shape index (κ1) is 6.29. The maximum atomic E-state index is 10.2. The van der Waals surface area contributed by atoms with Crippen molar-refractivity contribution in [2.24, 2.45) is 0 Å². The van der Waals surface area contributed by atoms with Crippen molar-refractivity contribution in [2.45, 2.75) is 18.6 Å². The summed E-state index contributed by atoms with van der Waals surface area (Å²) in [5.74, 6) is 0. The molecule has 0 aromatic heterocycles. The molecule has 0 saturated carbocycles. The molecule has 0 saturated heterocycles. The summed E-state index contributed by atoms with van der Waals surface area (Å²) in [6, 6.07) is 0. The van der Waals surface area contributed by atoms with Gasteiger partial charge < -0.3 is 9.84 Å². The van der Waals surface area contributed by atoms with Crippen LogP contribution in [0.15, 0.2) is 12.3 Å². The lowest BCUT2D eigenvalue weighted by Gasteiger charge is -2.19. The molecule has 0 amide bonds. The fourth-order valence-corrected chi connectivity index (χ4v) is 0.619. The van der Waals surface area contributed by atoms with Gasteiger partial charge in [0.1, 0.15) is 6.10 Å². The second-order valence-electron chi connectivity index (χ2n) is 2.19. The van der Waals surface area contributed by atoms with E-state index in [1.54, 1.807) is 0 Å². The third-order valence-electron chi connectivity index (χ3n) is 1.40. The summed E-state index contributed by atoms with van der Waals surface area (Å²) in [4.78, 5) is 10.2. The Morgan fingerprint density at radius 3 is 2.78 bits per heavy atom. The molecule has 0 aromatic carbocycles. The van der Waals surface area contributed by atoms with Crippen LogP contribution < -0.4 is 0 Å². The summed E-state index contributed by atoms with van der Waals surface area (Å²) in [5, 5.41) is 9.01. The highest BCUT2D eigenvalue weighted by Crippen LogP contribution is 2.20. The Balaban J connectivity index is 2.73. The number of carbonyl (C=O) groups is 1. The molecule has 0 radical (unpaired) electrons. The lowest BCUT2D eigenvalue weighted by Crippen LogP contribution is -2.37. The Kier molecular flexibility index (Phi) is 1.29. The maximum absolute atomic E-state index is 10.2. The van der Waals surface area contributed by atoms with E-state index in [1.807, 2.05) is 0 Å². The van der Waals surface area contributed by atoms with Crippen LogP contribution in [0, 0.1) is 0 Å². The van der Waals surface area contributed by atoms with Crippen LogP contribution in [0.1, 0.15) is 6.92 Å². The van der Waals surface area contributed by atoms with Gasteiger partial charge in [-0.2, -0.15) is 0 Å². The highest BCUT2D eigenvalue weighted by molar-refractivity contribution is 5.64. The maximum Gasteiger partial charge on any atom is 0.189 e. The molecule has 1 N–H and O–H groups in total. The van der Waals surface area contributed by atoms with Crippen LogP contribution in [0.3, 0.4) is 0 Å². The SMILES string of the molecule is CC1(C=O)OC=CC1O. The molecular formula is C6H8O3. The van der Waals surface area contributed by atoms with Crippen LogP contribution in [0.2, 0.25) is 0 Å². The third-order valence-corrected chi connectivity index (χ3v) is 1.40. The van der Waals surface area contributed by atoms with Gasteiger partial charge in [0.05, 0.1) is 6.26 Å². The topological polar surface area (TPSA) is 46.5 Å². The van der Waals surface area contributed by atoms with Crippen LogP contribution >= 0.6 is 0 Å². The Morgan fingerprint density at radius 2 is 2.56 bits per heavy atom. The van der Waals surface area contributed by atoms with Crippen molar-refractivity contribution in [3.05, 3.63) is 12.3 Å². The largest absolute Gasteiger partial charge is 0.485 e. The Hall–Kier alpha value is -0.830. The van der Waals surface area contributed by atoms with E-state index < -0.39 is 11.7 Å². The zero-order valence-corrected chi connectivity index (χ0v) is 5.07. The van der Waals surface area contributed by atoms with E-state index in [-0.39, 0.29) is 0 Å². The number of hydrogen-bond donors (Lipinski definition) is 1. The van der Waals surface area contributed by atoms with E-state index in [1.165, 1.54) is 19.3 Å². The van der Waals surface area contributed by atoms with Crippen LogP contribution in [-0.4, -0.2) is 23.1 Å².